The van der Waals surface area contributed by atoms with E-state index in [2.05, 4.69) is 19.0 Å². The standard InChI is InChI=1S/C17H24N2O2/c1-18(2)11-5-4-6-12-21-15-8-9-16-14(13-15)7-10-17(20)19(16)3/h7-10,13H,4-6,11-12H2,1-3H3. The van der Waals surface area contributed by atoms with E-state index in [-0.39, 0.29) is 5.56 Å². The van der Waals surface area contributed by atoms with E-state index in [4.69, 9.17) is 4.74 Å². The van der Waals surface area contributed by atoms with Crippen molar-refractivity contribution < 1.29 is 4.74 Å². The lowest BCUT2D eigenvalue weighted by molar-refractivity contribution is 0.299. The maximum atomic E-state index is 11.6. The molecule has 0 N–H and O–H groups in total. The number of rotatable bonds is 7. The molecule has 2 rings (SSSR count). The molecule has 0 fully saturated rings. The Kier molecular flexibility index (Phi) is 5.39. The molecule has 21 heavy (non-hydrogen) atoms. The van der Waals surface area contributed by atoms with E-state index < -0.39 is 0 Å². The monoisotopic (exact) mass is 288 g/mol. The van der Waals surface area contributed by atoms with Crippen LogP contribution >= 0.6 is 0 Å². The molecular weight excluding hydrogens is 264 g/mol. The van der Waals surface area contributed by atoms with Gasteiger partial charge in [-0.3, -0.25) is 4.79 Å². The minimum atomic E-state index is 0.0112. The van der Waals surface area contributed by atoms with Crippen molar-refractivity contribution in [1.29, 1.82) is 0 Å². The lowest BCUT2D eigenvalue weighted by Gasteiger charge is -2.10. The van der Waals surface area contributed by atoms with Crippen LogP contribution in [-0.4, -0.2) is 36.7 Å². The van der Waals surface area contributed by atoms with Crippen LogP contribution in [0, 0.1) is 0 Å². The van der Waals surface area contributed by atoms with Gasteiger partial charge in [-0.2, -0.15) is 0 Å². The van der Waals surface area contributed by atoms with Gasteiger partial charge in [0, 0.05) is 18.5 Å². The van der Waals surface area contributed by atoms with Gasteiger partial charge in [-0.1, -0.05) is 0 Å². The zero-order chi connectivity index (χ0) is 15.2. The van der Waals surface area contributed by atoms with Gasteiger partial charge in [0.05, 0.1) is 12.1 Å². The minimum absolute atomic E-state index is 0.0112. The van der Waals surface area contributed by atoms with E-state index in [1.807, 2.05) is 24.3 Å². The van der Waals surface area contributed by atoms with Gasteiger partial charge in [-0.15, -0.1) is 0 Å². The van der Waals surface area contributed by atoms with Crippen molar-refractivity contribution in [3.05, 3.63) is 40.7 Å². The van der Waals surface area contributed by atoms with Crippen LogP contribution in [0.5, 0.6) is 5.75 Å². The Bertz CT molecular complexity index is 647. The Morgan fingerprint density at radius 3 is 2.67 bits per heavy atom. The minimum Gasteiger partial charge on any atom is -0.494 e. The number of nitrogens with zero attached hydrogens (tertiary/aromatic N) is 2. The molecule has 0 aliphatic carbocycles. The topological polar surface area (TPSA) is 34.5 Å². The van der Waals surface area contributed by atoms with E-state index in [9.17, 15) is 4.79 Å². The van der Waals surface area contributed by atoms with Crippen molar-refractivity contribution in [2.45, 2.75) is 19.3 Å². The lowest BCUT2D eigenvalue weighted by Crippen LogP contribution is -2.14. The van der Waals surface area contributed by atoms with Gasteiger partial charge in [0.1, 0.15) is 5.75 Å². The molecule has 0 amide bonds. The third-order valence-electron chi connectivity index (χ3n) is 3.61. The predicted molar refractivity (Wildman–Crippen MR) is 87.1 cm³/mol. The normalized spacial score (nSPS) is 11.2. The van der Waals surface area contributed by atoms with Crippen molar-refractivity contribution in [2.24, 2.45) is 7.05 Å². The first-order chi connectivity index (χ1) is 10.1. The molecule has 4 nitrogen and oxygen atoms in total. The highest BCUT2D eigenvalue weighted by atomic mass is 16.5. The smallest absolute Gasteiger partial charge is 0.250 e. The fraction of sp³-hybridized carbons (Fsp3) is 0.471. The molecule has 1 aromatic carbocycles. The van der Waals surface area contributed by atoms with Crippen molar-refractivity contribution in [3.8, 4) is 5.75 Å². The van der Waals surface area contributed by atoms with Gasteiger partial charge in [0.2, 0.25) is 0 Å². The van der Waals surface area contributed by atoms with Gasteiger partial charge in [0.15, 0.2) is 0 Å². The van der Waals surface area contributed by atoms with Crippen LogP contribution in [-0.2, 0) is 7.05 Å². The number of aromatic nitrogens is 1. The Morgan fingerprint density at radius 2 is 1.90 bits per heavy atom. The van der Waals surface area contributed by atoms with Crippen molar-refractivity contribution >= 4 is 10.9 Å². The second kappa shape index (κ2) is 7.27. The first kappa shape index (κ1) is 15.6. The second-order valence-corrected chi connectivity index (χ2v) is 5.66. The highest BCUT2D eigenvalue weighted by molar-refractivity contribution is 5.80. The summed E-state index contributed by atoms with van der Waals surface area (Å²) in [5, 5.41) is 1.03. The summed E-state index contributed by atoms with van der Waals surface area (Å²) >= 11 is 0. The number of fused-ring (bicyclic) bond motifs is 1. The fourth-order valence-electron chi connectivity index (χ4n) is 2.35. The number of ether oxygens (including phenoxy) is 1. The first-order valence-corrected chi connectivity index (χ1v) is 7.45. The van der Waals surface area contributed by atoms with E-state index >= 15 is 0 Å². The molecule has 0 bridgehead atoms. The summed E-state index contributed by atoms with van der Waals surface area (Å²) in [6.45, 7) is 1.87. The van der Waals surface area contributed by atoms with Crippen LogP contribution < -0.4 is 10.3 Å². The number of unbranched alkanes of at least 4 members (excludes halogenated alkanes) is 2. The maximum Gasteiger partial charge on any atom is 0.250 e. The Hall–Kier alpha value is -1.81. The molecule has 0 saturated heterocycles. The molecule has 0 spiro atoms. The molecule has 0 atom stereocenters. The zero-order valence-corrected chi connectivity index (χ0v) is 13.1. The largest absolute Gasteiger partial charge is 0.494 e. The fourth-order valence-corrected chi connectivity index (χ4v) is 2.35. The van der Waals surface area contributed by atoms with Gasteiger partial charge in [-0.05, 0) is 64.2 Å². The number of aryl methyl sites for hydroxylation is 1. The molecule has 114 valence electrons. The lowest BCUT2D eigenvalue weighted by atomic mass is 10.2. The molecule has 1 aromatic heterocycles. The summed E-state index contributed by atoms with van der Waals surface area (Å²) in [6, 6.07) is 9.31. The van der Waals surface area contributed by atoms with Gasteiger partial charge < -0.3 is 14.2 Å². The summed E-state index contributed by atoms with van der Waals surface area (Å²) in [5.74, 6) is 0.869. The molecule has 0 saturated carbocycles. The van der Waals surface area contributed by atoms with E-state index in [0.29, 0.717) is 0 Å². The summed E-state index contributed by atoms with van der Waals surface area (Å²) in [4.78, 5) is 13.8. The van der Waals surface area contributed by atoms with Gasteiger partial charge in [0.25, 0.3) is 5.56 Å². The number of hydrogen-bond donors (Lipinski definition) is 0. The molecule has 0 unspecified atom stereocenters. The van der Waals surface area contributed by atoms with Crippen molar-refractivity contribution in [1.82, 2.24) is 9.47 Å². The van der Waals surface area contributed by atoms with E-state index in [1.54, 1.807) is 17.7 Å². The average molecular weight is 288 g/mol. The highest BCUT2D eigenvalue weighted by Crippen LogP contribution is 2.19. The van der Waals surface area contributed by atoms with Crippen LogP contribution in [0.2, 0.25) is 0 Å². The van der Waals surface area contributed by atoms with Crippen LogP contribution in [0.25, 0.3) is 10.9 Å². The molecule has 1 heterocycles. The third kappa shape index (κ3) is 4.33. The average Bonchev–Trinajstić information content (AvgIpc) is 2.46. The van der Waals surface area contributed by atoms with E-state index in [1.165, 1.54) is 12.8 Å². The molecule has 0 aliphatic heterocycles. The SMILES string of the molecule is CN(C)CCCCCOc1ccc2c(ccc(=O)n2C)c1. The molecule has 4 heteroatoms. The van der Waals surface area contributed by atoms with Gasteiger partial charge >= 0.3 is 0 Å². The Labute approximate surface area is 125 Å². The zero-order valence-electron chi connectivity index (χ0n) is 13.1. The van der Waals surface area contributed by atoms with Crippen LogP contribution in [0.4, 0.5) is 0 Å². The maximum absolute atomic E-state index is 11.6. The Balaban J connectivity index is 1.89. The van der Waals surface area contributed by atoms with Crippen LogP contribution in [0.3, 0.4) is 0 Å². The summed E-state index contributed by atoms with van der Waals surface area (Å²) < 4.78 is 7.44. The molecule has 2 aromatic rings. The van der Waals surface area contributed by atoms with Crippen LogP contribution in [0.1, 0.15) is 19.3 Å². The Morgan fingerprint density at radius 1 is 1.10 bits per heavy atom. The molecular formula is C17H24N2O2. The third-order valence-corrected chi connectivity index (χ3v) is 3.61. The summed E-state index contributed by atoms with van der Waals surface area (Å²) in [7, 11) is 5.98. The molecule has 0 radical (unpaired) electrons. The number of hydrogen-bond acceptors (Lipinski definition) is 3. The summed E-state index contributed by atoms with van der Waals surface area (Å²) in [5.41, 5.74) is 0.942. The molecule has 0 aliphatic rings. The van der Waals surface area contributed by atoms with Crippen LogP contribution in [0.15, 0.2) is 35.1 Å². The summed E-state index contributed by atoms with van der Waals surface area (Å²) in [6.07, 6.45) is 3.45. The van der Waals surface area contributed by atoms with Gasteiger partial charge in [-0.25, -0.2) is 0 Å². The predicted octanol–water partition coefficient (Wildman–Crippen LogP) is 2.65. The number of benzene rings is 1. The highest BCUT2D eigenvalue weighted by Gasteiger charge is 2.01. The first-order valence-electron chi connectivity index (χ1n) is 7.45. The van der Waals surface area contributed by atoms with Crippen molar-refractivity contribution in [3.63, 3.8) is 0 Å². The number of pyridine rings is 1. The quantitative estimate of drug-likeness (QED) is 0.735. The van der Waals surface area contributed by atoms with Crippen molar-refractivity contribution in [2.75, 3.05) is 27.2 Å². The van der Waals surface area contributed by atoms with E-state index in [0.717, 1.165) is 36.2 Å². The second-order valence-electron chi connectivity index (χ2n) is 5.66.